The fourth-order valence-corrected chi connectivity index (χ4v) is 3.90. The zero-order valence-electron chi connectivity index (χ0n) is 11.4. The Morgan fingerprint density at radius 3 is 2.19 bits per heavy atom. The first kappa shape index (κ1) is 16.5. The number of halogens is 2. The largest absolute Gasteiger partial charge is 0.241 e. The van der Waals surface area contributed by atoms with Crippen LogP contribution >= 0.6 is 27.5 Å². The van der Waals surface area contributed by atoms with Crippen LogP contribution in [0.15, 0.2) is 64.0 Å². The average Bonchev–Trinajstić information content (AvgIpc) is 2.48. The number of sulfonamides is 1. The van der Waals surface area contributed by atoms with E-state index in [1.807, 2.05) is 30.3 Å². The Bertz CT molecular complexity index is 704. The summed E-state index contributed by atoms with van der Waals surface area (Å²) in [6.07, 6.45) is 0. The molecule has 0 saturated heterocycles. The Morgan fingerprint density at radius 2 is 1.67 bits per heavy atom. The molecule has 3 nitrogen and oxygen atoms in total. The van der Waals surface area contributed by atoms with E-state index in [1.165, 1.54) is 0 Å². The number of rotatable bonds is 5. The lowest BCUT2D eigenvalue weighted by atomic mass is 9.96. The predicted octanol–water partition coefficient (Wildman–Crippen LogP) is 3.88. The number of hydrogen-bond donors (Lipinski definition) is 1. The first-order valence-corrected chi connectivity index (χ1v) is 9.09. The second-order valence-electron chi connectivity index (χ2n) is 4.89. The van der Waals surface area contributed by atoms with Crippen molar-refractivity contribution in [2.75, 3.05) is 5.88 Å². The molecule has 1 N–H and O–H groups in total. The third kappa shape index (κ3) is 3.86. The van der Waals surface area contributed by atoms with Gasteiger partial charge in [-0.05, 0) is 36.8 Å². The van der Waals surface area contributed by atoms with Gasteiger partial charge in [-0.2, -0.15) is 4.72 Å². The fourth-order valence-electron chi connectivity index (χ4n) is 1.94. The summed E-state index contributed by atoms with van der Waals surface area (Å²) >= 11 is 9.32. The standard InChI is InChI=1S/C15H15BrClNO2S/c1-15(11-17,12-5-3-2-4-6-12)18-21(19,20)14-9-7-13(16)8-10-14/h2-10,18H,11H2,1H3. The van der Waals surface area contributed by atoms with Crippen LogP contribution < -0.4 is 4.72 Å². The molecular formula is C15H15BrClNO2S. The van der Waals surface area contributed by atoms with Crippen LogP contribution in [0.4, 0.5) is 0 Å². The summed E-state index contributed by atoms with van der Waals surface area (Å²) in [7, 11) is -3.65. The van der Waals surface area contributed by atoms with E-state index in [4.69, 9.17) is 11.6 Å². The van der Waals surface area contributed by atoms with Crippen molar-refractivity contribution in [1.82, 2.24) is 4.72 Å². The molecule has 0 amide bonds. The van der Waals surface area contributed by atoms with E-state index in [9.17, 15) is 8.42 Å². The molecule has 0 fully saturated rings. The molecule has 0 aliphatic heterocycles. The first-order valence-electron chi connectivity index (χ1n) is 6.28. The zero-order valence-corrected chi connectivity index (χ0v) is 14.5. The molecule has 0 heterocycles. The van der Waals surface area contributed by atoms with Gasteiger partial charge in [0.2, 0.25) is 10.0 Å². The molecule has 0 bridgehead atoms. The van der Waals surface area contributed by atoms with Crippen LogP contribution in [0.3, 0.4) is 0 Å². The molecule has 0 spiro atoms. The second kappa shape index (κ2) is 6.48. The Hall–Kier alpha value is -0.880. The van der Waals surface area contributed by atoms with Gasteiger partial charge in [-0.3, -0.25) is 0 Å². The highest BCUT2D eigenvalue weighted by Crippen LogP contribution is 2.25. The molecule has 21 heavy (non-hydrogen) atoms. The molecular weight excluding hydrogens is 374 g/mol. The Labute approximate surface area is 138 Å². The minimum Gasteiger partial charge on any atom is -0.207 e. The highest BCUT2D eigenvalue weighted by molar-refractivity contribution is 9.10. The van der Waals surface area contributed by atoms with Gasteiger partial charge in [-0.1, -0.05) is 46.3 Å². The van der Waals surface area contributed by atoms with Crippen LogP contribution in [-0.4, -0.2) is 14.3 Å². The van der Waals surface area contributed by atoms with E-state index in [1.54, 1.807) is 31.2 Å². The Balaban J connectivity index is 2.35. The minimum atomic E-state index is -3.65. The molecule has 1 atom stereocenters. The monoisotopic (exact) mass is 387 g/mol. The molecule has 0 aliphatic carbocycles. The fraction of sp³-hybridized carbons (Fsp3) is 0.200. The van der Waals surface area contributed by atoms with Crippen molar-refractivity contribution in [2.24, 2.45) is 0 Å². The van der Waals surface area contributed by atoms with Crippen LogP contribution in [0.1, 0.15) is 12.5 Å². The molecule has 6 heteroatoms. The van der Waals surface area contributed by atoms with Crippen molar-refractivity contribution in [3.8, 4) is 0 Å². The Kier molecular flexibility index (Phi) is 5.09. The summed E-state index contributed by atoms with van der Waals surface area (Å²) in [4.78, 5) is 0.206. The molecule has 0 aromatic heterocycles. The van der Waals surface area contributed by atoms with Crippen molar-refractivity contribution in [3.05, 3.63) is 64.6 Å². The highest BCUT2D eigenvalue weighted by atomic mass is 79.9. The van der Waals surface area contributed by atoms with Crippen LogP contribution in [0, 0.1) is 0 Å². The molecule has 2 aromatic rings. The van der Waals surface area contributed by atoms with E-state index < -0.39 is 15.6 Å². The number of nitrogens with one attached hydrogen (secondary N) is 1. The van der Waals surface area contributed by atoms with Gasteiger partial charge in [0.15, 0.2) is 0 Å². The molecule has 112 valence electrons. The van der Waals surface area contributed by atoms with Gasteiger partial charge in [0.25, 0.3) is 0 Å². The summed E-state index contributed by atoms with van der Waals surface area (Å²) in [6, 6.07) is 15.8. The van der Waals surface area contributed by atoms with E-state index >= 15 is 0 Å². The maximum absolute atomic E-state index is 12.5. The topological polar surface area (TPSA) is 46.2 Å². The van der Waals surface area contributed by atoms with Crippen molar-refractivity contribution >= 4 is 37.6 Å². The highest BCUT2D eigenvalue weighted by Gasteiger charge is 2.31. The third-order valence-corrected chi connectivity index (χ3v) is 5.84. The van der Waals surface area contributed by atoms with Crippen LogP contribution in [0.2, 0.25) is 0 Å². The van der Waals surface area contributed by atoms with Gasteiger partial charge >= 0.3 is 0 Å². The van der Waals surface area contributed by atoms with Crippen molar-refractivity contribution < 1.29 is 8.42 Å². The van der Waals surface area contributed by atoms with Crippen LogP contribution in [-0.2, 0) is 15.6 Å². The summed E-state index contributed by atoms with van der Waals surface area (Å²) < 4.78 is 28.5. The third-order valence-electron chi connectivity index (χ3n) is 3.16. The lowest BCUT2D eigenvalue weighted by molar-refractivity contribution is 0.477. The summed E-state index contributed by atoms with van der Waals surface area (Å²) in [6.45, 7) is 1.77. The molecule has 1 unspecified atom stereocenters. The van der Waals surface area contributed by atoms with Crippen molar-refractivity contribution in [3.63, 3.8) is 0 Å². The lowest BCUT2D eigenvalue weighted by Gasteiger charge is -2.28. The normalized spacial score (nSPS) is 14.6. The molecule has 2 rings (SSSR count). The van der Waals surface area contributed by atoms with Crippen LogP contribution in [0.25, 0.3) is 0 Å². The lowest BCUT2D eigenvalue weighted by Crippen LogP contribution is -2.44. The van der Waals surface area contributed by atoms with Crippen molar-refractivity contribution in [1.29, 1.82) is 0 Å². The first-order chi connectivity index (χ1) is 9.87. The molecule has 2 aromatic carbocycles. The average molecular weight is 389 g/mol. The summed E-state index contributed by atoms with van der Waals surface area (Å²) in [5.74, 6) is 0.132. The van der Waals surface area contributed by atoms with E-state index in [2.05, 4.69) is 20.7 Å². The molecule has 0 saturated carbocycles. The maximum Gasteiger partial charge on any atom is 0.241 e. The van der Waals surface area contributed by atoms with Crippen molar-refractivity contribution in [2.45, 2.75) is 17.4 Å². The SMILES string of the molecule is CC(CCl)(NS(=O)(=O)c1ccc(Br)cc1)c1ccccc1. The second-order valence-corrected chi connectivity index (χ2v) is 7.76. The van der Waals surface area contributed by atoms with E-state index in [0.29, 0.717) is 0 Å². The van der Waals surface area contributed by atoms with E-state index in [0.717, 1.165) is 10.0 Å². The number of benzene rings is 2. The summed E-state index contributed by atoms with van der Waals surface area (Å²) in [5.41, 5.74) is -0.0463. The zero-order chi connectivity index (χ0) is 15.5. The molecule has 0 aliphatic rings. The number of alkyl halides is 1. The Morgan fingerprint density at radius 1 is 1.10 bits per heavy atom. The van der Waals surface area contributed by atoms with Crippen LogP contribution in [0.5, 0.6) is 0 Å². The summed E-state index contributed by atoms with van der Waals surface area (Å²) in [5, 5.41) is 0. The van der Waals surface area contributed by atoms with Gasteiger partial charge in [-0.25, -0.2) is 8.42 Å². The maximum atomic E-state index is 12.5. The van der Waals surface area contributed by atoms with Gasteiger partial charge in [0.05, 0.1) is 10.4 Å². The molecule has 0 radical (unpaired) electrons. The van der Waals surface area contributed by atoms with Gasteiger partial charge in [0, 0.05) is 10.4 Å². The van der Waals surface area contributed by atoms with Gasteiger partial charge in [0.1, 0.15) is 0 Å². The van der Waals surface area contributed by atoms with Gasteiger partial charge in [-0.15, -0.1) is 11.6 Å². The van der Waals surface area contributed by atoms with E-state index in [-0.39, 0.29) is 10.8 Å². The van der Waals surface area contributed by atoms with Gasteiger partial charge < -0.3 is 0 Å². The number of hydrogen-bond acceptors (Lipinski definition) is 2. The predicted molar refractivity (Wildman–Crippen MR) is 89.0 cm³/mol. The quantitative estimate of drug-likeness (QED) is 0.790. The smallest absolute Gasteiger partial charge is 0.207 e. The minimum absolute atomic E-state index is 0.132.